The first-order valence-corrected chi connectivity index (χ1v) is 6.16. The lowest BCUT2D eigenvalue weighted by molar-refractivity contribution is -0.124. The number of phenols is 1. The number of rotatable bonds is 7. The molecule has 0 aliphatic heterocycles. The molecule has 118 valence electrons. The molecule has 0 aliphatic carbocycles. The zero-order valence-electron chi connectivity index (χ0n) is 11.0. The number of phenolic OH excluding ortho intramolecular Hbond substituents is 1. The average molecular weight is 302 g/mol. The third-order valence-electron chi connectivity index (χ3n) is 2.83. The van der Waals surface area contributed by atoms with Crippen LogP contribution in [0.15, 0.2) is 24.3 Å². The minimum absolute atomic E-state index is 0.116. The zero-order chi connectivity index (χ0) is 16.0. The van der Waals surface area contributed by atoms with E-state index >= 15 is 0 Å². The Balaban J connectivity index is 2.55. The van der Waals surface area contributed by atoms with Gasteiger partial charge in [0.2, 0.25) is 0 Å². The van der Waals surface area contributed by atoms with Gasteiger partial charge < -0.3 is 35.4 Å². The summed E-state index contributed by atoms with van der Waals surface area (Å²) >= 11 is 0. The van der Waals surface area contributed by atoms with Gasteiger partial charge in [0.1, 0.15) is 42.3 Å². The fourth-order valence-electron chi connectivity index (χ4n) is 1.55. The third kappa shape index (κ3) is 4.66. The molecule has 6 N–H and O–H groups in total. The van der Waals surface area contributed by atoms with E-state index in [0.717, 1.165) is 0 Å². The second-order valence-corrected chi connectivity index (χ2v) is 4.41. The van der Waals surface area contributed by atoms with E-state index in [1.165, 1.54) is 24.3 Å². The summed E-state index contributed by atoms with van der Waals surface area (Å²) in [5.41, 5.74) is -0.116. The molecule has 21 heavy (non-hydrogen) atoms. The number of ether oxygens (including phenoxy) is 1. The topological polar surface area (TPSA) is 148 Å². The number of aromatic hydroxyl groups is 1. The van der Waals surface area contributed by atoms with Crippen LogP contribution in [0.4, 0.5) is 0 Å². The maximum Gasteiger partial charge on any atom is 0.342 e. The molecule has 0 bridgehead atoms. The van der Waals surface area contributed by atoms with Gasteiger partial charge in [-0.05, 0) is 12.1 Å². The highest BCUT2D eigenvalue weighted by Gasteiger charge is 2.30. The van der Waals surface area contributed by atoms with Gasteiger partial charge in [-0.3, -0.25) is 0 Å². The lowest BCUT2D eigenvalue weighted by Gasteiger charge is -2.25. The summed E-state index contributed by atoms with van der Waals surface area (Å²) in [6.07, 6.45) is -6.92. The lowest BCUT2D eigenvalue weighted by Crippen LogP contribution is -2.47. The molecule has 0 saturated carbocycles. The Kier molecular flexibility index (Phi) is 6.53. The van der Waals surface area contributed by atoms with Gasteiger partial charge in [0.25, 0.3) is 0 Å². The second-order valence-electron chi connectivity index (χ2n) is 4.41. The molecule has 0 saturated heterocycles. The first kappa shape index (κ1) is 17.3. The minimum Gasteiger partial charge on any atom is -0.507 e. The van der Waals surface area contributed by atoms with Crippen LogP contribution in [0.1, 0.15) is 10.4 Å². The van der Waals surface area contributed by atoms with E-state index in [2.05, 4.69) is 0 Å². The molecule has 0 fully saturated rings. The smallest absolute Gasteiger partial charge is 0.342 e. The van der Waals surface area contributed by atoms with Crippen molar-refractivity contribution in [3.05, 3.63) is 29.8 Å². The molecule has 1 rings (SSSR count). The van der Waals surface area contributed by atoms with E-state index in [9.17, 15) is 25.2 Å². The highest BCUT2D eigenvalue weighted by molar-refractivity contribution is 5.92. The summed E-state index contributed by atoms with van der Waals surface area (Å²) in [5, 5.41) is 55.6. The van der Waals surface area contributed by atoms with Gasteiger partial charge in [0.15, 0.2) is 0 Å². The first-order chi connectivity index (χ1) is 9.88. The summed E-state index contributed by atoms with van der Waals surface area (Å²) in [6, 6.07) is 5.61. The number of hydrogen-bond acceptors (Lipinski definition) is 8. The highest BCUT2D eigenvalue weighted by atomic mass is 16.5. The summed E-state index contributed by atoms with van der Waals surface area (Å²) in [7, 11) is 0. The molecule has 0 radical (unpaired) electrons. The summed E-state index contributed by atoms with van der Waals surface area (Å²) in [4.78, 5) is 11.6. The highest BCUT2D eigenvalue weighted by Crippen LogP contribution is 2.17. The number of carbonyl (C=O) groups is 1. The Morgan fingerprint density at radius 1 is 1.05 bits per heavy atom. The molecule has 8 nitrogen and oxygen atoms in total. The number of para-hydroxylation sites is 1. The molecule has 4 atom stereocenters. The fourth-order valence-corrected chi connectivity index (χ4v) is 1.55. The molecule has 0 heterocycles. The summed E-state index contributed by atoms with van der Waals surface area (Å²) in [5.74, 6) is -1.22. The van der Waals surface area contributed by atoms with E-state index in [-0.39, 0.29) is 11.3 Å². The van der Waals surface area contributed by atoms with Gasteiger partial charge in [0.05, 0.1) is 6.61 Å². The van der Waals surface area contributed by atoms with Crippen molar-refractivity contribution in [3.63, 3.8) is 0 Å². The molecular formula is C13H18O8. The van der Waals surface area contributed by atoms with E-state index in [0.29, 0.717) is 0 Å². The number of carbonyl (C=O) groups excluding carboxylic acids is 1. The van der Waals surface area contributed by atoms with E-state index < -0.39 is 43.6 Å². The Morgan fingerprint density at radius 3 is 2.19 bits per heavy atom. The van der Waals surface area contributed by atoms with Crippen LogP contribution in [0.3, 0.4) is 0 Å². The van der Waals surface area contributed by atoms with Crippen LogP contribution in [0.25, 0.3) is 0 Å². The van der Waals surface area contributed by atoms with Crippen LogP contribution in [0.5, 0.6) is 5.75 Å². The molecule has 1 aromatic carbocycles. The predicted octanol–water partition coefficient (Wildman–Crippen LogP) is -2.02. The van der Waals surface area contributed by atoms with Crippen LogP contribution >= 0.6 is 0 Å². The number of aliphatic hydroxyl groups is 5. The van der Waals surface area contributed by atoms with Crippen molar-refractivity contribution >= 4 is 5.97 Å². The van der Waals surface area contributed by atoms with Gasteiger partial charge in [-0.25, -0.2) is 4.79 Å². The van der Waals surface area contributed by atoms with Crippen molar-refractivity contribution in [2.75, 3.05) is 13.2 Å². The normalized spacial score (nSPS) is 16.8. The van der Waals surface area contributed by atoms with Gasteiger partial charge in [-0.2, -0.15) is 0 Å². The van der Waals surface area contributed by atoms with Gasteiger partial charge in [-0.15, -0.1) is 0 Å². The van der Waals surface area contributed by atoms with Crippen LogP contribution in [-0.4, -0.2) is 74.2 Å². The molecule has 0 spiro atoms. The SMILES string of the molecule is O=C(OC[C@@H](O)[C@@H](O)[C@@H](O)[C@H](O)CO)c1ccccc1O. The van der Waals surface area contributed by atoms with Gasteiger partial charge in [-0.1, -0.05) is 12.1 Å². The fraction of sp³-hybridized carbons (Fsp3) is 0.462. The summed E-state index contributed by atoms with van der Waals surface area (Å²) in [6.45, 7) is -1.47. The third-order valence-corrected chi connectivity index (χ3v) is 2.83. The Labute approximate surface area is 120 Å². The van der Waals surface area contributed by atoms with E-state index in [4.69, 9.17) is 14.9 Å². The minimum atomic E-state index is -1.82. The zero-order valence-corrected chi connectivity index (χ0v) is 11.0. The maximum atomic E-state index is 11.6. The summed E-state index contributed by atoms with van der Waals surface area (Å²) < 4.78 is 4.69. The number of benzene rings is 1. The standard InChI is InChI=1S/C13H18O8/c14-5-9(16)11(18)12(19)10(17)6-21-13(20)7-3-1-2-4-8(7)15/h1-4,9-12,14-19H,5-6H2/t9-,10-,11+,12-/m1/s1. The largest absolute Gasteiger partial charge is 0.507 e. The number of aliphatic hydroxyl groups excluding tert-OH is 5. The Bertz CT molecular complexity index is 463. The molecule has 0 unspecified atom stereocenters. The molecule has 0 aliphatic rings. The average Bonchev–Trinajstić information content (AvgIpc) is 2.50. The van der Waals surface area contributed by atoms with E-state index in [1.54, 1.807) is 0 Å². The molecule has 0 aromatic heterocycles. The second kappa shape index (κ2) is 7.91. The van der Waals surface area contributed by atoms with Crippen LogP contribution in [0.2, 0.25) is 0 Å². The lowest BCUT2D eigenvalue weighted by atomic mass is 10.0. The van der Waals surface area contributed by atoms with Gasteiger partial charge in [0, 0.05) is 0 Å². The quantitative estimate of drug-likeness (QED) is 0.316. The molecule has 8 heteroatoms. The first-order valence-electron chi connectivity index (χ1n) is 6.16. The van der Waals surface area contributed by atoms with Crippen LogP contribution in [-0.2, 0) is 4.74 Å². The molecule has 0 amide bonds. The van der Waals surface area contributed by atoms with Crippen molar-refractivity contribution in [1.82, 2.24) is 0 Å². The van der Waals surface area contributed by atoms with Crippen molar-refractivity contribution in [2.24, 2.45) is 0 Å². The monoisotopic (exact) mass is 302 g/mol. The van der Waals surface area contributed by atoms with Crippen molar-refractivity contribution < 1.29 is 40.2 Å². The van der Waals surface area contributed by atoms with E-state index in [1.807, 2.05) is 0 Å². The van der Waals surface area contributed by atoms with Crippen LogP contribution < -0.4 is 0 Å². The predicted molar refractivity (Wildman–Crippen MR) is 69.5 cm³/mol. The Hall–Kier alpha value is -1.71. The van der Waals surface area contributed by atoms with Crippen LogP contribution in [0, 0.1) is 0 Å². The van der Waals surface area contributed by atoms with Crippen molar-refractivity contribution in [3.8, 4) is 5.75 Å². The van der Waals surface area contributed by atoms with Gasteiger partial charge >= 0.3 is 5.97 Å². The van der Waals surface area contributed by atoms with Crippen molar-refractivity contribution in [2.45, 2.75) is 24.4 Å². The number of esters is 1. The number of hydrogen-bond donors (Lipinski definition) is 6. The van der Waals surface area contributed by atoms with Crippen molar-refractivity contribution in [1.29, 1.82) is 0 Å². The Morgan fingerprint density at radius 2 is 1.62 bits per heavy atom. The molecule has 1 aromatic rings. The molecular weight excluding hydrogens is 284 g/mol. The maximum absolute atomic E-state index is 11.6.